The van der Waals surface area contributed by atoms with E-state index in [2.05, 4.69) is 20.2 Å². The molecule has 20 heavy (non-hydrogen) atoms. The minimum atomic E-state index is -0.327. The topological polar surface area (TPSA) is 57.2 Å². The zero-order chi connectivity index (χ0) is 14.5. The van der Waals surface area contributed by atoms with Crippen LogP contribution in [0.5, 0.6) is 0 Å². The molecule has 106 valence electrons. The first-order chi connectivity index (χ1) is 9.56. The van der Waals surface area contributed by atoms with Gasteiger partial charge in [-0.3, -0.25) is 0 Å². The van der Waals surface area contributed by atoms with Crippen molar-refractivity contribution in [3.05, 3.63) is 34.6 Å². The predicted molar refractivity (Wildman–Crippen MR) is 79.2 cm³/mol. The van der Waals surface area contributed by atoms with E-state index in [1.165, 1.54) is 17.8 Å². The average molecular weight is 314 g/mol. The van der Waals surface area contributed by atoms with Gasteiger partial charge in [0, 0.05) is 30.4 Å². The van der Waals surface area contributed by atoms with E-state index < -0.39 is 0 Å². The number of hydrogen-bond acceptors (Lipinski definition) is 4. The third-order valence-electron chi connectivity index (χ3n) is 2.27. The molecular formula is C12H13ClFN5S. The number of rotatable bonds is 5. The first-order valence-electron chi connectivity index (χ1n) is 5.75. The highest BCUT2D eigenvalue weighted by Crippen LogP contribution is 2.27. The molecule has 0 spiro atoms. The minimum Gasteiger partial charge on any atom is -0.369 e. The molecule has 1 aromatic carbocycles. The summed E-state index contributed by atoms with van der Waals surface area (Å²) >= 11 is 7.25. The van der Waals surface area contributed by atoms with Crippen LogP contribution in [-0.4, -0.2) is 40.5 Å². The van der Waals surface area contributed by atoms with E-state index in [0.717, 1.165) is 0 Å². The van der Waals surface area contributed by atoms with Gasteiger partial charge in [-0.25, -0.2) is 14.5 Å². The van der Waals surface area contributed by atoms with E-state index in [1.54, 1.807) is 23.4 Å². The summed E-state index contributed by atoms with van der Waals surface area (Å²) in [5.41, 5.74) is 0.447. The van der Waals surface area contributed by atoms with Gasteiger partial charge in [-0.1, -0.05) is 29.4 Å². The van der Waals surface area contributed by atoms with Crippen molar-refractivity contribution >= 4 is 35.6 Å². The molecular weight excluding hydrogens is 301 g/mol. The zero-order valence-corrected chi connectivity index (χ0v) is 12.5. The van der Waals surface area contributed by atoms with E-state index in [9.17, 15) is 4.39 Å². The summed E-state index contributed by atoms with van der Waals surface area (Å²) in [6.07, 6.45) is 1.61. The molecule has 0 atom stereocenters. The Kier molecular flexibility index (Phi) is 4.97. The van der Waals surface area contributed by atoms with Crippen LogP contribution in [0.3, 0.4) is 0 Å². The predicted octanol–water partition coefficient (Wildman–Crippen LogP) is 3.11. The summed E-state index contributed by atoms with van der Waals surface area (Å²) in [6, 6.07) is 4.62. The molecule has 5 nitrogen and oxygen atoms in total. The van der Waals surface area contributed by atoms with Crippen molar-refractivity contribution in [2.45, 2.75) is 10.9 Å². The van der Waals surface area contributed by atoms with Crippen LogP contribution < -0.4 is 0 Å². The molecule has 0 saturated heterocycles. The number of nitrogens with zero attached hydrogens (tertiary/aromatic N) is 4. The summed E-state index contributed by atoms with van der Waals surface area (Å²) in [7, 11) is 3.71. The molecule has 8 heteroatoms. The van der Waals surface area contributed by atoms with Crippen LogP contribution in [0.15, 0.2) is 28.3 Å². The van der Waals surface area contributed by atoms with Crippen molar-refractivity contribution < 1.29 is 4.39 Å². The normalized spacial score (nSPS) is 11.2. The molecule has 0 aliphatic heterocycles. The van der Waals surface area contributed by atoms with Gasteiger partial charge in [0.1, 0.15) is 5.82 Å². The number of aliphatic imine (C=N–C) groups is 1. The quantitative estimate of drug-likeness (QED) is 0.523. The maximum atomic E-state index is 13.6. The van der Waals surface area contributed by atoms with Crippen LogP contribution in [0.2, 0.25) is 5.02 Å². The molecule has 0 bridgehead atoms. The summed E-state index contributed by atoms with van der Waals surface area (Å²) in [4.78, 5) is 10.0. The van der Waals surface area contributed by atoms with Crippen LogP contribution in [0.1, 0.15) is 5.56 Å². The SMILES string of the molecule is CN(C)C=Nc1nc(SCc2c(F)cccc2Cl)n[nH]1. The number of benzene rings is 1. The zero-order valence-electron chi connectivity index (χ0n) is 11.0. The Balaban J connectivity index is 2.01. The highest BCUT2D eigenvalue weighted by atomic mass is 35.5. The largest absolute Gasteiger partial charge is 0.369 e. The van der Waals surface area contributed by atoms with Gasteiger partial charge in [0.2, 0.25) is 11.1 Å². The second kappa shape index (κ2) is 6.71. The standard InChI is InChI=1S/C12H13ClFN5S/c1-19(2)7-15-11-16-12(18-17-11)20-6-8-9(13)4-3-5-10(8)14/h3-5,7H,6H2,1-2H3,(H,16,17,18). The fraction of sp³-hybridized carbons (Fsp3) is 0.250. The summed E-state index contributed by atoms with van der Waals surface area (Å²) < 4.78 is 13.6. The maximum Gasteiger partial charge on any atom is 0.247 e. The van der Waals surface area contributed by atoms with Crippen molar-refractivity contribution in [3.8, 4) is 0 Å². The van der Waals surface area contributed by atoms with Gasteiger partial charge in [0.05, 0.1) is 6.34 Å². The van der Waals surface area contributed by atoms with Gasteiger partial charge in [0.15, 0.2) is 0 Å². The number of H-pyrrole nitrogens is 1. The van der Waals surface area contributed by atoms with Gasteiger partial charge in [-0.15, -0.1) is 5.10 Å². The highest BCUT2D eigenvalue weighted by Gasteiger charge is 2.09. The van der Waals surface area contributed by atoms with Crippen molar-refractivity contribution in [2.75, 3.05) is 14.1 Å². The molecule has 0 aliphatic carbocycles. The van der Waals surface area contributed by atoms with E-state index in [0.29, 0.717) is 27.4 Å². The molecule has 0 aliphatic rings. The first kappa shape index (κ1) is 14.8. The number of hydrogen-bond donors (Lipinski definition) is 1. The third kappa shape index (κ3) is 3.94. The lowest BCUT2D eigenvalue weighted by atomic mass is 10.2. The van der Waals surface area contributed by atoms with Crippen LogP contribution in [0, 0.1) is 5.82 Å². The number of aromatic nitrogens is 3. The lowest BCUT2D eigenvalue weighted by Gasteiger charge is -2.03. The monoisotopic (exact) mass is 313 g/mol. The van der Waals surface area contributed by atoms with E-state index in [4.69, 9.17) is 11.6 Å². The van der Waals surface area contributed by atoms with Crippen LogP contribution in [0.4, 0.5) is 10.3 Å². The van der Waals surface area contributed by atoms with Gasteiger partial charge >= 0.3 is 0 Å². The fourth-order valence-electron chi connectivity index (χ4n) is 1.34. The molecule has 0 saturated carbocycles. The molecule has 0 amide bonds. The number of thioether (sulfide) groups is 1. The third-order valence-corrected chi connectivity index (χ3v) is 3.50. The fourth-order valence-corrected chi connectivity index (χ4v) is 2.47. The first-order valence-corrected chi connectivity index (χ1v) is 7.11. The van der Waals surface area contributed by atoms with Gasteiger partial charge in [-0.05, 0) is 12.1 Å². The van der Waals surface area contributed by atoms with Crippen LogP contribution >= 0.6 is 23.4 Å². The Hall–Kier alpha value is -1.60. The Morgan fingerprint density at radius 3 is 3.00 bits per heavy atom. The molecule has 1 aromatic heterocycles. The molecule has 2 aromatic rings. The summed E-state index contributed by atoms with van der Waals surface area (Å²) in [6.45, 7) is 0. The van der Waals surface area contributed by atoms with Crippen molar-refractivity contribution in [2.24, 2.45) is 4.99 Å². The number of aromatic amines is 1. The number of halogens is 2. The molecule has 1 heterocycles. The number of nitrogens with one attached hydrogen (secondary N) is 1. The highest BCUT2D eigenvalue weighted by molar-refractivity contribution is 7.98. The molecule has 0 radical (unpaired) electrons. The van der Waals surface area contributed by atoms with Gasteiger partial charge < -0.3 is 4.90 Å². The second-order valence-corrected chi connectivity index (χ2v) is 5.49. The van der Waals surface area contributed by atoms with Crippen molar-refractivity contribution in [1.82, 2.24) is 20.1 Å². The molecule has 2 rings (SSSR count). The Bertz CT molecular complexity index is 593. The average Bonchev–Trinajstić information content (AvgIpc) is 2.84. The Morgan fingerprint density at radius 1 is 1.50 bits per heavy atom. The van der Waals surface area contributed by atoms with E-state index in [-0.39, 0.29) is 5.82 Å². The van der Waals surface area contributed by atoms with Crippen molar-refractivity contribution in [1.29, 1.82) is 0 Å². The maximum absolute atomic E-state index is 13.6. The molecule has 0 fully saturated rings. The van der Waals surface area contributed by atoms with Crippen molar-refractivity contribution in [3.63, 3.8) is 0 Å². The lowest BCUT2D eigenvalue weighted by Crippen LogP contribution is -2.07. The van der Waals surface area contributed by atoms with Gasteiger partial charge in [-0.2, -0.15) is 4.98 Å². The summed E-state index contributed by atoms with van der Waals surface area (Å²) in [5, 5.41) is 7.59. The Labute approximate surface area is 125 Å². The minimum absolute atomic E-state index is 0.327. The summed E-state index contributed by atoms with van der Waals surface area (Å²) in [5.74, 6) is 0.437. The van der Waals surface area contributed by atoms with E-state index in [1.807, 2.05) is 14.1 Å². The Morgan fingerprint density at radius 2 is 2.30 bits per heavy atom. The molecule has 1 N–H and O–H groups in total. The lowest BCUT2D eigenvalue weighted by molar-refractivity contribution is 0.617. The van der Waals surface area contributed by atoms with Crippen LogP contribution in [-0.2, 0) is 5.75 Å². The smallest absolute Gasteiger partial charge is 0.247 e. The van der Waals surface area contributed by atoms with Crippen LogP contribution in [0.25, 0.3) is 0 Å². The molecule has 0 unspecified atom stereocenters. The van der Waals surface area contributed by atoms with Gasteiger partial charge in [0.25, 0.3) is 0 Å². The van der Waals surface area contributed by atoms with E-state index >= 15 is 0 Å². The second-order valence-electron chi connectivity index (χ2n) is 4.14.